The minimum absolute atomic E-state index is 0.157. The molecule has 1 fully saturated rings. The van der Waals surface area contributed by atoms with Crippen LogP contribution in [0.4, 0.5) is 5.69 Å². The van der Waals surface area contributed by atoms with Gasteiger partial charge in [0.2, 0.25) is 5.91 Å². The molecule has 1 N–H and O–H groups in total. The number of rotatable bonds is 8. The van der Waals surface area contributed by atoms with E-state index in [9.17, 15) is 9.59 Å². The van der Waals surface area contributed by atoms with Crippen LogP contribution in [0.2, 0.25) is 0 Å². The molecule has 5 heteroatoms. The molecule has 1 unspecified atom stereocenters. The Balaban J connectivity index is 1.82. The van der Waals surface area contributed by atoms with E-state index < -0.39 is 6.04 Å². The molecule has 0 aromatic heterocycles. The standard InChI is InChI=1S/C16H22N2O3/c1-2-3-10-21-11-9-17-14-12-15(19)18(16(14)20)13-7-5-4-6-8-13/h4-8,14,17H,2-3,9-12H2,1H3. The fourth-order valence-corrected chi connectivity index (χ4v) is 2.29. The van der Waals surface area contributed by atoms with Crippen LogP contribution in [-0.4, -0.2) is 37.6 Å². The Hall–Kier alpha value is -1.72. The summed E-state index contributed by atoms with van der Waals surface area (Å²) in [5.74, 6) is -0.338. The van der Waals surface area contributed by atoms with Gasteiger partial charge in [0, 0.05) is 13.2 Å². The molecule has 2 amide bonds. The lowest BCUT2D eigenvalue weighted by Crippen LogP contribution is -2.40. The summed E-state index contributed by atoms with van der Waals surface area (Å²) in [6, 6.07) is 8.60. The van der Waals surface area contributed by atoms with E-state index in [1.807, 2.05) is 18.2 Å². The minimum Gasteiger partial charge on any atom is -0.380 e. The summed E-state index contributed by atoms with van der Waals surface area (Å²) in [4.78, 5) is 25.5. The second-order valence-corrected chi connectivity index (χ2v) is 5.08. The number of carbonyl (C=O) groups excluding carboxylic acids is 2. The predicted octanol–water partition coefficient (Wildman–Crippen LogP) is 1.72. The van der Waals surface area contributed by atoms with E-state index in [0.29, 0.717) is 18.8 Å². The lowest BCUT2D eigenvalue weighted by atomic mass is 10.2. The van der Waals surface area contributed by atoms with Crippen LogP contribution >= 0.6 is 0 Å². The van der Waals surface area contributed by atoms with Crippen LogP contribution in [0.1, 0.15) is 26.2 Å². The highest BCUT2D eigenvalue weighted by molar-refractivity contribution is 6.22. The monoisotopic (exact) mass is 290 g/mol. The van der Waals surface area contributed by atoms with Crippen molar-refractivity contribution in [2.75, 3.05) is 24.7 Å². The molecule has 0 aliphatic carbocycles. The van der Waals surface area contributed by atoms with Gasteiger partial charge in [-0.1, -0.05) is 31.5 Å². The third kappa shape index (κ3) is 4.12. The molecule has 1 atom stereocenters. The summed E-state index contributed by atoms with van der Waals surface area (Å²) >= 11 is 0. The maximum atomic E-state index is 12.3. The van der Waals surface area contributed by atoms with Crippen molar-refractivity contribution in [3.8, 4) is 0 Å². The molecule has 0 radical (unpaired) electrons. The van der Waals surface area contributed by atoms with Crippen LogP contribution in [0.5, 0.6) is 0 Å². The number of amides is 2. The lowest BCUT2D eigenvalue weighted by molar-refractivity contribution is -0.121. The van der Waals surface area contributed by atoms with Crippen LogP contribution in [-0.2, 0) is 14.3 Å². The first-order chi connectivity index (χ1) is 10.2. The Labute approximate surface area is 125 Å². The second-order valence-electron chi connectivity index (χ2n) is 5.08. The van der Waals surface area contributed by atoms with Crippen molar-refractivity contribution in [1.82, 2.24) is 5.32 Å². The summed E-state index contributed by atoms with van der Waals surface area (Å²) in [5.41, 5.74) is 0.635. The first-order valence-corrected chi connectivity index (χ1v) is 7.47. The molecule has 1 heterocycles. The van der Waals surface area contributed by atoms with Gasteiger partial charge < -0.3 is 10.1 Å². The van der Waals surface area contributed by atoms with Crippen LogP contribution in [0.3, 0.4) is 0 Å². The van der Waals surface area contributed by atoms with E-state index in [-0.39, 0.29) is 18.2 Å². The normalized spacial score (nSPS) is 18.5. The number of hydrogen-bond acceptors (Lipinski definition) is 4. The molecular weight excluding hydrogens is 268 g/mol. The fourth-order valence-electron chi connectivity index (χ4n) is 2.29. The smallest absolute Gasteiger partial charge is 0.251 e. The maximum absolute atomic E-state index is 12.3. The highest BCUT2D eigenvalue weighted by Crippen LogP contribution is 2.22. The van der Waals surface area contributed by atoms with Crippen molar-refractivity contribution in [3.05, 3.63) is 30.3 Å². The lowest BCUT2D eigenvalue weighted by Gasteiger charge is -2.15. The van der Waals surface area contributed by atoms with E-state index in [2.05, 4.69) is 12.2 Å². The summed E-state index contributed by atoms with van der Waals surface area (Å²) in [6.45, 7) is 3.99. The Morgan fingerprint density at radius 3 is 2.71 bits per heavy atom. The van der Waals surface area contributed by atoms with Crippen LogP contribution in [0, 0.1) is 0 Å². The van der Waals surface area contributed by atoms with Crippen molar-refractivity contribution in [2.24, 2.45) is 0 Å². The van der Waals surface area contributed by atoms with Crippen LogP contribution in [0.25, 0.3) is 0 Å². The van der Waals surface area contributed by atoms with E-state index in [4.69, 9.17) is 4.74 Å². The molecule has 1 saturated heterocycles. The highest BCUT2D eigenvalue weighted by Gasteiger charge is 2.38. The van der Waals surface area contributed by atoms with Gasteiger partial charge in [0.05, 0.1) is 24.8 Å². The molecule has 1 aromatic carbocycles. The zero-order valence-electron chi connectivity index (χ0n) is 12.4. The first kappa shape index (κ1) is 15.7. The number of anilines is 1. The largest absolute Gasteiger partial charge is 0.380 e. The Morgan fingerprint density at radius 1 is 1.24 bits per heavy atom. The number of ether oxygens (including phenoxy) is 1. The van der Waals surface area contributed by atoms with Gasteiger partial charge in [-0.3, -0.25) is 9.59 Å². The van der Waals surface area contributed by atoms with Crippen molar-refractivity contribution < 1.29 is 14.3 Å². The SMILES string of the molecule is CCCCOCCNC1CC(=O)N(c2ccccc2)C1=O. The topological polar surface area (TPSA) is 58.6 Å². The quantitative estimate of drug-likeness (QED) is 0.585. The summed E-state index contributed by atoms with van der Waals surface area (Å²) in [6.07, 6.45) is 2.36. The second kappa shape index (κ2) is 7.90. The Morgan fingerprint density at radius 2 is 2.00 bits per heavy atom. The van der Waals surface area contributed by atoms with Crippen molar-refractivity contribution in [1.29, 1.82) is 0 Å². The van der Waals surface area contributed by atoms with Crippen LogP contribution in [0.15, 0.2) is 30.3 Å². The average Bonchev–Trinajstić information content (AvgIpc) is 2.78. The highest BCUT2D eigenvalue weighted by atomic mass is 16.5. The average molecular weight is 290 g/mol. The van der Waals surface area contributed by atoms with E-state index in [0.717, 1.165) is 19.4 Å². The molecule has 0 saturated carbocycles. The summed E-state index contributed by atoms with van der Waals surface area (Å²) < 4.78 is 5.44. The van der Waals surface area contributed by atoms with E-state index in [1.54, 1.807) is 12.1 Å². The molecule has 5 nitrogen and oxygen atoms in total. The Kier molecular flexibility index (Phi) is 5.90. The van der Waals surface area contributed by atoms with Gasteiger partial charge >= 0.3 is 0 Å². The molecule has 0 spiro atoms. The van der Waals surface area contributed by atoms with Gasteiger partial charge in [0.1, 0.15) is 0 Å². The van der Waals surface area contributed by atoms with E-state index in [1.165, 1.54) is 4.90 Å². The third-order valence-corrected chi connectivity index (χ3v) is 3.44. The van der Waals surface area contributed by atoms with Gasteiger partial charge in [-0.05, 0) is 18.6 Å². The van der Waals surface area contributed by atoms with Crippen molar-refractivity contribution in [2.45, 2.75) is 32.2 Å². The number of para-hydroxylation sites is 1. The number of benzene rings is 1. The molecule has 114 valence electrons. The number of hydrogen-bond donors (Lipinski definition) is 1. The van der Waals surface area contributed by atoms with Gasteiger partial charge in [-0.2, -0.15) is 0 Å². The van der Waals surface area contributed by atoms with Crippen molar-refractivity contribution in [3.63, 3.8) is 0 Å². The fraction of sp³-hybridized carbons (Fsp3) is 0.500. The third-order valence-electron chi connectivity index (χ3n) is 3.44. The van der Waals surface area contributed by atoms with Gasteiger partial charge in [0.25, 0.3) is 5.91 Å². The zero-order chi connectivity index (χ0) is 15.1. The molecule has 2 rings (SSSR count). The molecule has 1 aliphatic heterocycles. The molecule has 21 heavy (non-hydrogen) atoms. The predicted molar refractivity (Wildman–Crippen MR) is 81.1 cm³/mol. The minimum atomic E-state index is -0.438. The molecular formula is C16H22N2O3. The summed E-state index contributed by atoms with van der Waals surface area (Å²) in [7, 11) is 0. The first-order valence-electron chi connectivity index (χ1n) is 7.47. The van der Waals surface area contributed by atoms with Gasteiger partial charge in [0.15, 0.2) is 0 Å². The van der Waals surface area contributed by atoms with E-state index >= 15 is 0 Å². The number of carbonyl (C=O) groups is 2. The Bertz CT molecular complexity index is 476. The molecule has 1 aliphatic rings. The zero-order valence-corrected chi connectivity index (χ0v) is 12.4. The number of nitrogens with zero attached hydrogens (tertiary/aromatic N) is 1. The van der Waals surface area contributed by atoms with Crippen molar-refractivity contribution >= 4 is 17.5 Å². The maximum Gasteiger partial charge on any atom is 0.251 e. The van der Waals surface area contributed by atoms with Gasteiger partial charge in [-0.15, -0.1) is 0 Å². The van der Waals surface area contributed by atoms with Gasteiger partial charge in [-0.25, -0.2) is 4.90 Å². The number of imide groups is 1. The van der Waals surface area contributed by atoms with Crippen LogP contribution < -0.4 is 10.2 Å². The number of unbranched alkanes of at least 4 members (excludes halogenated alkanes) is 1. The summed E-state index contributed by atoms with van der Waals surface area (Å²) in [5, 5.41) is 3.10. The molecule has 1 aromatic rings. The number of nitrogens with one attached hydrogen (secondary N) is 1. The molecule has 0 bridgehead atoms.